The molecule has 2 rings (SSSR count). The van der Waals surface area contributed by atoms with Gasteiger partial charge in [-0.1, -0.05) is 0 Å². The number of carbonyl (C=O) groups is 1. The Balaban J connectivity index is 1.82. The second-order valence-corrected chi connectivity index (χ2v) is 5.89. The third kappa shape index (κ3) is 3.57. The van der Waals surface area contributed by atoms with E-state index in [0.29, 0.717) is 5.69 Å². The molecule has 0 aliphatic rings. The van der Waals surface area contributed by atoms with Crippen LogP contribution < -0.4 is 5.73 Å². The molecule has 0 spiro atoms. The summed E-state index contributed by atoms with van der Waals surface area (Å²) < 4.78 is 7.57. The van der Waals surface area contributed by atoms with Crippen molar-refractivity contribution in [3.63, 3.8) is 0 Å². The van der Waals surface area contributed by atoms with Gasteiger partial charge in [-0.25, -0.2) is 0 Å². The van der Waals surface area contributed by atoms with Gasteiger partial charge in [-0.05, 0) is 28.1 Å². The molecule has 90 valence electrons. The number of ether oxygens (including phenoxy) is 1. The lowest BCUT2D eigenvalue weighted by molar-refractivity contribution is -0.145. The molecule has 0 amide bonds. The molecule has 0 fully saturated rings. The van der Waals surface area contributed by atoms with E-state index in [0.717, 1.165) is 8.66 Å². The molecule has 2 aromatic rings. The zero-order valence-corrected chi connectivity index (χ0v) is 11.2. The zero-order valence-electron chi connectivity index (χ0n) is 8.80. The fraction of sp³-hybridized carbons (Fsp3) is 0.200. The molecule has 5 nitrogen and oxygen atoms in total. The van der Waals surface area contributed by atoms with Crippen LogP contribution >= 0.6 is 27.3 Å². The Morgan fingerprint density at radius 3 is 3.00 bits per heavy atom. The number of anilines is 1. The maximum atomic E-state index is 11.5. The van der Waals surface area contributed by atoms with Crippen LogP contribution in [0.1, 0.15) is 4.88 Å². The molecule has 0 atom stereocenters. The molecule has 0 aliphatic carbocycles. The van der Waals surface area contributed by atoms with E-state index < -0.39 is 0 Å². The second kappa shape index (κ2) is 5.33. The van der Waals surface area contributed by atoms with E-state index in [9.17, 15) is 4.79 Å². The van der Waals surface area contributed by atoms with Gasteiger partial charge in [-0.3, -0.25) is 9.48 Å². The monoisotopic (exact) mass is 315 g/mol. The van der Waals surface area contributed by atoms with Crippen molar-refractivity contribution in [2.45, 2.75) is 13.2 Å². The van der Waals surface area contributed by atoms with Gasteiger partial charge in [0.05, 0.1) is 15.7 Å². The smallest absolute Gasteiger partial charge is 0.328 e. The summed E-state index contributed by atoms with van der Waals surface area (Å²) in [6.45, 7) is 0.357. The lowest BCUT2D eigenvalue weighted by Crippen LogP contribution is -2.13. The number of hydrogen-bond donors (Lipinski definition) is 1. The number of thiophene rings is 1. The van der Waals surface area contributed by atoms with Gasteiger partial charge in [0.2, 0.25) is 0 Å². The molecule has 2 aromatic heterocycles. The van der Waals surface area contributed by atoms with Gasteiger partial charge in [-0.2, -0.15) is 5.10 Å². The molecule has 0 aliphatic heterocycles. The van der Waals surface area contributed by atoms with Gasteiger partial charge in [0, 0.05) is 11.1 Å². The van der Waals surface area contributed by atoms with Crippen molar-refractivity contribution >= 4 is 38.9 Å². The summed E-state index contributed by atoms with van der Waals surface area (Å²) >= 11 is 4.88. The van der Waals surface area contributed by atoms with Gasteiger partial charge >= 0.3 is 5.97 Å². The SMILES string of the molecule is Nc1cnn(CC(=O)OCc2ccc(Br)s2)c1. The predicted octanol–water partition coefficient (Wildman–Crippen LogP) is 2.03. The van der Waals surface area contributed by atoms with Crippen LogP contribution in [0.5, 0.6) is 0 Å². The number of nitrogen functional groups attached to an aromatic ring is 1. The van der Waals surface area contributed by atoms with Gasteiger partial charge in [0.25, 0.3) is 0 Å². The summed E-state index contributed by atoms with van der Waals surface area (Å²) in [4.78, 5) is 12.5. The average Bonchev–Trinajstić information content (AvgIpc) is 2.85. The Kier molecular flexibility index (Phi) is 3.80. The Bertz CT molecular complexity index is 523. The first-order chi connectivity index (χ1) is 8.13. The van der Waals surface area contributed by atoms with E-state index in [1.807, 2.05) is 12.1 Å². The van der Waals surface area contributed by atoms with Crippen molar-refractivity contribution in [3.8, 4) is 0 Å². The first kappa shape index (κ1) is 12.1. The molecule has 0 saturated heterocycles. The van der Waals surface area contributed by atoms with E-state index >= 15 is 0 Å². The highest BCUT2D eigenvalue weighted by Crippen LogP contribution is 2.22. The Labute approximate surface area is 110 Å². The van der Waals surface area contributed by atoms with Crippen LogP contribution in [0.2, 0.25) is 0 Å². The molecule has 0 unspecified atom stereocenters. The largest absolute Gasteiger partial charge is 0.459 e. The van der Waals surface area contributed by atoms with Crippen molar-refractivity contribution in [1.29, 1.82) is 0 Å². The normalized spacial score (nSPS) is 10.4. The Hall–Kier alpha value is -1.34. The van der Waals surface area contributed by atoms with E-state index in [-0.39, 0.29) is 19.1 Å². The van der Waals surface area contributed by atoms with Gasteiger partial charge < -0.3 is 10.5 Å². The maximum Gasteiger partial charge on any atom is 0.328 e. The lowest BCUT2D eigenvalue weighted by atomic mass is 10.5. The van der Waals surface area contributed by atoms with E-state index in [2.05, 4.69) is 21.0 Å². The van der Waals surface area contributed by atoms with Crippen LogP contribution in [0.4, 0.5) is 5.69 Å². The fourth-order valence-electron chi connectivity index (χ4n) is 1.22. The van der Waals surface area contributed by atoms with Crippen molar-refractivity contribution in [3.05, 3.63) is 33.2 Å². The number of hydrogen-bond acceptors (Lipinski definition) is 5. The maximum absolute atomic E-state index is 11.5. The summed E-state index contributed by atoms with van der Waals surface area (Å²) in [5.41, 5.74) is 6.01. The highest BCUT2D eigenvalue weighted by Gasteiger charge is 2.06. The number of nitrogens with zero attached hydrogens (tertiary/aromatic N) is 2. The number of esters is 1. The summed E-state index contributed by atoms with van der Waals surface area (Å²) in [5, 5.41) is 3.90. The number of aromatic nitrogens is 2. The van der Waals surface area contributed by atoms with Gasteiger partial charge in [-0.15, -0.1) is 11.3 Å². The molecular weight excluding hydrogens is 306 g/mol. The summed E-state index contributed by atoms with van der Waals surface area (Å²) in [7, 11) is 0. The topological polar surface area (TPSA) is 70.1 Å². The minimum atomic E-state index is -0.336. The molecule has 7 heteroatoms. The molecule has 0 aromatic carbocycles. The van der Waals surface area contributed by atoms with Crippen LogP contribution in [0.15, 0.2) is 28.3 Å². The molecule has 2 N–H and O–H groups in total. The molecule has 17 heavy (non-hydrogen) atoms. The van der Waals surface area contributed by atoms with Gasteiger partial charge in [0.15, 0.2) is 0 Å². The van der Waals surface area contributed by atoms with Crippen molar-refractivity contribution in [1.82, 2.24) is 9.78 Å². The van der Waals surface area contributed by atoms with Crippen LogP contribution in [-0.2, 0) is 22.7 Å². The highest BCUT2D eigenvalue weighted by atomic mass is 79.9. The Morgan fingerprint density at radius 1 is 1.59 bits per heavy atom. The van der Waals surface area contributed by atoms with Crippen molar-refractivity contribution in [2.75, 3.05) is 5.73 Å². The minimum Gasteiger partial charge on any atom is -0.459 e. The summed E-state index contributed by atoms with van der Waals surface area (Å²) in [6, 6.07) is 3.83. The number of carbonyl (C=O) groups excluding carboxylic acids is 1. The second-order valence-electron chi connectivity index (χ2n) is 3.34. The van der Waals surface area contributed by atoms with Crippen LogP contribution in [0.3, 0.4) is 0 Å². The number of halogens is 1. The number of nitrogens with two attached hydrogens (primary N) is 1. The Morgan fingerprint density at radius 2 is 2.41 bits per heavy atom. The van der Waals surface area contributed by atoms with E-state index in [1.165, 1.54) is 22.2 Å². The van der Waals surface area contributed by atoms with E-state index in [4.69, 9.17) is 10.5 Å². The molecule has 0 bridgehead atoms. The van der Waals surface area contributed by atoms with Crippen LogP contribution in [-0.4, -0.2) is 15.7 Å². The van der Waals surface area contributed by atoms with Crippen LogP contribution in [0, 0.1) is 0 Å². The molecule has 0 radical (unpaired) electrons. The molecule has 2 heterocycles. The minimum absolute atomic E-state index is 0.0732. The predicted molar refractivity (Wildman–Crippen MR) is 68.5 cm³/mol. The standard InChI is InChI=1S/C10H10BrN3O2S/c11-9-2-1-8(17-9)6-16-10(15)5-14-4-7(12)3-13-14/h1-4H,5-6,12H2. The third-order valence-corrected chi connectivity index (χ3v) is 3.55. The molecule has 0 saturated carbocycles. The third-order valence-electron chi connectivity index (χ3n) is 1.95. The quantitative estimate of drug-likeness (QED) is 0.876. The summed E-state index contributed by atoms with van der Waals surface area (Å²) in [5.74, 6) is -0.336. The molecular formula is C10H10BrN3O2S. The first-order valence-corrected chi connectivity index (χ1v) is 6.42. The van der Waals surface area contributed by atoms with E-state index in [1.54, 1.807) is 6.20 Å². The van der Waals surface area contributed by atoms with Gasteiger partial charge in [0.1, 0.15) is 13.2 Å². The van der Waals surface area contributed by atoms with Crippen LogP contribution in [0.25, 0.3) is 0 Å². The number of rotatable bonds is 4. The average molecular weight is 316 g/mol. The highest BCUT2D eigenvalue weighted by molar-refractivity contribution is 9.11. The first-order valence-electron chi connectivity index (χ1n) is 4.81. The fourth-order valence-corrected chi connectivity index (χ4v) is 2.62. The summed E-state index contributed by atoms with van der Waals surface area (Å²) in [6.07, 6.45) is 3.08. The van der Waals surface area contributed by atoms with Crippen molar-refractivity contribution < 1.29 is 9.53 Å². The zero-order chi connectivity index (χ0) is 12.3. The van der Waals surface area contributed by atoms with Crippen molar-refractivity contribution in [2.24, 2.45) is 0 Å². The lowest BCUT2D eigenvalue weighted by Gasteiger charge is -2.02.